The average Bonchev–Trinajstić information content (AvgIpc) is 2.84. The van der Waals surface area contributed by atoms with Crippen molar-refractivity contribution >= 4 is 28.9 Å². The molecule has 172 valence electrons. The van der Waals surface area contributed by atoms with Crippen LogP contribution >= 0.6 is 0 Å². The van der Waals surface area contributed by atoms with Crippen molar-refractivity contribution in [3.05, 3.63) is 78.4 Å². The number of carbonyl (C=O) groups is 2. The Bertz CT molecular complexity index is 1070. The largest absolute Gasteiger partial charge is 0.490 e. The van der Waals surface area contributed by atoms with Crippen molar-refractivity contribution in [2.45, 2.75) is 20.3 Å². The molecular formula is C26H29N3O4. The summed E-state index contributed by atoms with van der Waals surface area (Å²) in [5, 5.41) is 8.83. The third-order valence-corrected chi connectivity index (χ3v) is 4.85. The molecule has 0 heterocycles. The molecule has 0 bridgehead atoms. The summed E-state index contributed by atoms with van der Waals surface area (Å²) in [6, 6.07) is 22.4. The zero-order valence-electron chi connectivity index (χ0n) is 18.9. The molecule has 0 aromatic heterocycles. The Morgan fingerprint density at radius 3 is 2.06 bits per heavy atom. The van der Waals surface area contributed by atoms with Crippen LogP contribution < -0.4 is 25.4 Å². The molecule has 0 aliphatic heterocycles. The molecular weight excluding hydrogens is 418 g/mol. The summed E-state index contributed by atoms with van der Waals surface area (Å²) in [5.74, 6) is 1.22. The lowest BCUT2D eigenvalue weighted by Crippen LogP contribution is -2.22. The van der Waals surface area contributed by atoms with Gasteiger partial charge in [-0.2, -0.15) is 0 Å². The van der Waals surface area contributed by atoms with Crippen molar-refractivity contribution < 1.29 is 19.1 Å². The van der Waals surface area contributed by atoms with Crippen molar-refractivity contribution in [1.29, 1.82) is 0 Å². The van der Waals surface area contributed by atoms with Gasteiger partial charge in [-0.1, -0.05) is 37.3 Å². The van der Waals surface area contributed by atoms with E-state index >= 15 is 0 Å². The minimum Gasteiger partial charge on any atom is -0.490 e. The zero-order chi connectivity index (χ0) is 23.5. The molecule has 0 saturated heterocycles. The third-order valence-electron chi connectivity index (χ3n) is 4.85. The van der Waals surface area contributed by atoms with E-state index in [1.165, 1.54) is 0 Å². The predicted octanol–water partition coefficient (Wildman–Crippen LogP) is 4.85. The molecule has 0 unspecified atom stereocenters. The first kappa shape index (κ1) is 23.7. The van der Waals surface area contributed by atoms with Crippen LogP contribution in [0.15, 0.2) is 72.8 Å². The molecule has 3 N–H and O–H groups in total. The highest BCUT2D eigenvalue weighted by atomic mass is 16.5. The molecule has 0 aliphatic rings. The first-order valence-corrected chi connectivity index (χ1v) is 10.9. The van der Waals surface area contributed by atoms with Gasteiger partial charge in [0.2, 0.25) is 11.8 Å². The van der Waals surface area contributed by atoms with Crippen LogP contribution in [-0.2, 0) is 9.59 Å². The Labute approximate surface area is 194 Å². The van der Waals surface area contributed by atoms with Crippen LogP contribution in [0.4, 0.5) is 17.1 Å². The third kappa shape index (κ3) is 7.57. The molecule has 0 aliphatic carbocycles. The second kappa shape index (κ2) is 12.1. The Hall–Kier alpha value is -4.00. The van der Waals surface area contributed by atoms with Crippen LogP contribution in [0, 0.1) is 6.92 Å². The van der Waals surface area contributed by atoms with E-state index in [1.54, 1.807) is 19.1 Å². The molecule has 0 fully saturated rings. The number of nitrogens with one attached hydrogen (secondary N) is 3. The maximum atomic E-state index is 12.4. The summed E-state index contributed by atoms with van der Waals surface area (Å²) in [4.78, 5) is 24.1. The SMILES string of the molecule is CCC(=O)Nc1cccc(NC(=O)CNc2cccc(OCCOc3ccccc3)c2)c1C. The van der Waals surface area contributed by atoms with Gasteiger partial charge < -0.3 is 25.4 Å². The predicted molar refractivity (Wildman–Crippen MR) is 131 cm³/mol. The maximum absolute atomic E-state index is 12.4. The van der Waals surface area contributed by atoms with Crippen LogP contribution in [-0.4, -0.2) is 31.6 Å². The number of benzene rings is 3. The van der Waals surface area contributed by atoms with Crippen molar-refractivity contribution in [2.24, 2.45) is 0 Å². The van der Waals surface area contributed by atoms with Crippen molar-refractivity contribution in [2.75, 3.05) is 35.7 Å². The smallest absolute Gasteiger partial charge is 0.243 e. The number of hydrogen-bond acceptors (Lipinski definition) is 5. The monoisotopic (exact) mass is 447 g/mol. The van der Waals surface area contributed by atoms with Crippen LogP contribution in [0.5, 0.6) is 11.5 Å². The fraction of sp³-hybridized carbons (Fsp3) is 0.231. The highest BCUT2D eigenvalue weighted by molar-refractivity contribution is 5.97. The van der Waals surface area contributed by atoms with Gasteiger partial charge in [-0.05, 0) is 48.9 Å². The number of rotatable bonds is 11. The standard InChI is InChI=1S/C26H29N3O4/c1-3-25(30)28-23-13-8-14-24(19(23)2)29-26(31)18-27-20-9-7-12-22(17-20)33-16-15-32-21-10-5-4-6-11-21/h4-14,17,27H,3,15-16,18H2,1-2H3,(H,28,30)(H,29,31). The van der Waals surface area contributed by atoms with E-state index in [0.717, 1.165) is 17.0 Å². The highest BCUT2D eigenvalue weighted by Crippen LogP contribution is 2.23. The Morgan fingerprint density at radius 2 is 1.36 bits per heavy atom. The minimum atomic E-state index is -0.195. The van der Waals surface area contributed by atoms with Crippen LogP contribution in [0.1, 0.15) is 18.9 Å². The molecule has 0 spiro atoms. The van der Waals surface area contributed by atoms with Crippen molar-refractivity contribution in [3.8, 4) is 11.5 Å². The van der Waals surface area contributed by atoms with Gasteiger partial charge in [0.15, 0.2) is 0 Å². The molecule has 0 radical (unpaired) electrons. The minimum absolute atomic E-state index is 0.0722. The van der Waals surface area contributed by atoms with Gasteiger partial charge in [0.25, 0.3) is 0 Å². The molecule has 7 nitrogen and oxygen atoms in total. The van der Waals surface area contributed by atoms with Crippen LogP contribution in [0.25, 0.3) is 0 Å². The molecule has 3 aromatic carbocycles. The lowest BCUT2D eigenvalue weighted by Gasteiger charge is -2.14. The summed E-state index contributed by atoms with van der Waals surface area (Å²) in [6.07, 6.45) is 0.392. The van der Waals surface area contributed by atoms with Gasteiger partial charge in [-0.3, -0.25) is 9.59 Å². The van der Waals surface area contributed by atoms with Gasteiger partial charge >= 0.3 is 0 Å². The maximum Gasteiger partial charge on any atom is 0.243 e. The lowest BCUT2D eigenvalue weighted by molar-refractivity contribution is -0.116. The van der Waals surface area contributed by atoms with Gasteiger partial charge in [0, 0.05) is 29.5 Å². The summed E-state index contributed by atoms with van der Waals surface area (Å²) in [7, 11) is 0. The summed E-state index contributed by atoms with van der Waals surface area (Å²) < 4.78 is 11.4. The Morgan fingerprint density at radius 1 is 0.758 bits per heavy atom. The van der Waals surface area contributed by atoms with E-state index in [-0.39, 0.29) is 18.4 Å². The molecule has 33 heavy (non-hydrogen) atoms. The van der Waals surface area contributed by atoms with E-state index in [0.29, 0.717) is 36.8 Å². The van der Waals surface area contributed by atoms with E-state index < -0.39 is 0 Å². The van der Waals surface area contributed by atoms with E-state index in [2.05, 4.69) is 16.0 Å². The summed E-state index contributed by atoms with van der Waals surface area (Å²) in [6.45, 7) is 4.58. The molecule has 3 aromatic rings. The lowest BCUT2D eigenvalue weighted by atomic mass is 10.1. The first-order valence-electron chi connectivity index (χ1n) is 10.9. The number of para-hydroxylation sites is 1. The topological polar surface area (TPSA) is 88.7 Å². The number of hydrogen-bond donors (Lipinski definition) is 3. The second-order valence-electron chi connectivity index (χ2n) is 7.32. The van der Waals surface area contributed by atoms with E-state index in [1.807, 2.05) is 67.6 Å². The quantitative estimate of drug-likeness (QED) is 0.366. The van der Waals surface area contributed by atoms with E-state index in [4.69, 9.17) is 9.47 Å². The highest BCUT2D eigenvalue weighted by Gasteiger charge is 2.09. The van der Waals surface area contributed by atoms with Crippen molar-refractivity contribution in [1.82, 2.24) is 0 Å². The van der Waals surface area contributed by atoms with Crippen LogP contribution in [0.2, 0.25) is 0 Å². The fourth-order valence-corrected chi connectivity index (χ4v) is 3.05. The normalized spacial score (nSPS) is 10.2. The Kier molecular flexibility index (Phi) is 8.71. The average molecular weight is 448 g/mol. The van der Waals surface area contributed by atoms with Gasteiger partial charge in [-0.25, -0.2) is 0 Å². The molecule has 7 heteroatoms. The molecule has 0 saturated carbocycles. The van der Waals surface area contributed by atoms with Crippen LogP contribution in [0.3, 0.4) is 0 Å². The summed E-state index contributed by atoms with van der Waals surface area (Å²) >= 11 is 0. The molecule has 2 amide bonds. The first-order chi connectivity index (χ1) is 16.0. The van der Waals surface area contributed by atoms with Gasteiger partial charge in [0.05, 0.1) is 6.54 Å². The fourth-order valence-electron chi connectivity index (χ4n) is 3.05. The number of anilines is 3. The summed E-state index contributed by atoms with van der Waals surface area (Å²) in [5.41, 5.74) is 2.92. The van der Waals surface area contributed by atoms with Gasteiger partial charge in [-0.15, -0.1) is 0 Å². The Balaban J connectivity index is 1.46. The second-order valence-corrected chi connectivity index (χ2v) is 7.32. The number of carbonyl (C=O) groups excluding carboxylic acids is 2. The van der Waals surface area contributed by atoms with Crippen molar-refractivity contribution in [3.63, 3.8) is 0 Å². The molecule has 3 rings (SSSR count). The molecule has 0 atom stereocenters. The van der Waals surface area contributed by atoms with E-state index in [9.17, 15) is 9.59 Å². The van der Waals surface area contributed by atoms with Gasteiger partial charge in [0.1, 0.15) is 24.7 Å². The zero-order valence-corrected chi connectivity index (χ0v) is 18.9. The number of amides is 2. The number of ether oxygens (including phenoxy) is 2.